The van der Waals surface area contributed by atoms with E-state index in [1.807, 2.05) is 0 Å². The van der Waals surface area contributed by atoms with E-state index in [-0.39, 0.29) is 12.5 Å². The van der Waals surface area contributed by atoms with E-state index in [2.05, 4.69) is 21.2 Å². The van der Waals surface area contributed by atoms with E-state index in [4.69, 9.17) is 16.3 Å². The van der Waals surface area contributed by atoms with Crippen LogP contribution in [-0.2, 0) is 4.79 Å². The lowest BCUT2D eigenvalue weighted by atomic mass is 10.2. The number of hydrogen-bond donors (Lipinski definition) is 1. The fourth-order valence-corrected chi connectivity index (χ4v) is 1.56. The molecule has 1 heterocycles. The molecule has 5 heteroatoms. The van der Waals surface area contributed by atoms with Gasteiger partial charge < -0.3 is 10.1 Å². The summed E-state index contributed by atoms with van der Waals surface area (Å²) in [6.45, 7) is 0.0566. The maximum atomic E-state index is 10.9. The number of hydrogen-bond acceptors (Lipinski definition) is 2. The molecule has 1 aliphatic heterocycles. The highest BCUT2D eigenvalue weighted by atomic mass is 79.9. The Morgan fingerprint density at radius 3 is 3.08 bits per heavy atom. The predicted octanol–water partition coefficient (Wildman–Crippen LogP) is 2.43. The number of carbonyl (C=O) groups is 1. The van der Waals surface area contributed by atoms with Crippen molar-refractivity contribution in [3.05, 3.63) is 21.6 Å². The van der Waals surface area contributed by atoms with E-state index in [1.165, 1.54) is 0 Å². The van der Waals surface area contributed by atoms with Gasteiger partial charge in [0, 0.05) is 4.47 Å². The first-order valence-electron chi connectivity index (χ1n) is 3.58. The normalized spacial score (nSPS) is 14.5. The molecule has 1 aromatic carbocycles. The van der Waals surface area contributed by atoms with E-state index in [0.29, 0.717) is 16.5 Å². The Morgan fingerprint density at radius 2 is 2.31 bits per heavy atom. The van der Waals surface area contributed by atoms with Gasteiger partial charge in [0.2, 0.25) is 0 Å². The molecule has 0 atom stereocenters. The Balaban J connectivity index is 2.49. The van der Waals surface area contributed by atoms with Crippen LogP contribution >= 0.6 is 27.5 Å². The molecule has 0 radical (unpaired) electrons. The molecule has 0 saturated heterocycles. The van der Waals surface area contributed by atoms with Gasteiger partial charge in [-0.15, -0.1) is 0 Å². The smallest absolute Gasteiger partial charge is 0.262 e. The van der Waals surface area contributed by atoms with Crippen molar-refractivity contribution in [2.45, 2.75) is 0 Å². The lowest BCUT2D eigenvalue weighted by Crippen LogP contribution is -2.25. The second kappa shape index (κ2) is 3.20. The first-order chi connectivity index (χ1) is 6.16. The van der Waals surface area contributed by atoms with Gasteiger partial charge in [0.25, 0.3) is 5.91 Å². The molecule has 0 bridgehead atoms. The number of carbonyl (C=O) groups excluding carboxylic acids is 1. The first kappa shape index (κ1) is 8.84. The summed E-state index contributed by atoms with van der Waals surface area (Å²) in [5, 5.41) is 3.20. The summed E-state index contributed by atoms with van der Waals surface area (Å²) in [6.07, 6.45) is 0. The summed E-state index contributed by atoms with van der Waals surface area (Å²) in [4.78, 5) is 10.9. The molecule has 1 amide bonds. The van der Waals surface area contributed by atoms with E-state index < -0.39 is 0 Å². The molecular formula is C8H5BrClNO2. The average molecular weight is 262 g/mol. The Bertz CT molecular complexity index is 381. The number of benzene rings is 1. The van der Waals surface area contributed by atoms with E-state index in [9.17, 15) is 4.79 Å². The van der Waals surface area contributed by atoms with Crippen LogP contribution in [0.25, 0.3) is 0 Å². The van der Waals surface area contributed by atoms with Crippen LogP contribution in [0.4, 0.5) is 5.69 Å². The number of halogens is 2. The van der Waals surface area contributed by atoms with Crippen molar-refractivity contribution >= 4 is 39.1 Å². The number of anilines is 1. The minimum atomic E-state index is -0.161. The molecule has 3 nitrogen and oxygen atoms in total. The van der Waals surface area contributed by atoms with Crippen LogP contribution < -0.4 is 10.1 Å². The predicted molar refractivity (Wildman–Crippen MR) is 53.3 cm³/mol. The molecule has 0 unspecified atom stereocenters. The summed E-state index contributed by atoms with van der Waals surface area (Å²) in [7, 11) is 0. The average Bonchev–Trinajstić information content (AvgIpc) is 2.08. The Labute approximate surface area is 88.2 Å². The standard InChI is InChI=1S/C8H5BrClNO2/c9-4-1-7-6(2-5(4)10)11-8(12)3-13-7/h1-2H,3H2,(H,11,12). The molecule has 0 fully saturated rings. The van der Waals surface area contributed by atoms with E-state index >= 15 is 0 Å². The minimum absolute atomic E-state index is 0.0566. The van der Waals surface area contributed by atoms with Crippen molar-refractivity contribution in [1.82, 2.24) is 0 Å². The van der Waals surface area contributed by atoms with Gasteiger partial charge in [0.15, 0.2) is 6.61 Å². The summed E-state index contributed by atoms with van der Waals surface area (Å²) in [6, 6.07) is 3.38. The number of rotatable bonds is 0. The van der Waals surface area contributed by atoms with Gasteiger partial charge in [0.05, 0.1) is 10.7 Å². The molecule has 68 valence electrons. The Hall–Kier alpha value is -0.740. The fourth-order valence-electron chi connectivity index (χ4n) is 1.08. The van der Waals surface area contributed by atoms with Gasteiger partial charge in [-0.25, -0.2) is 0 Å². The Kier molecular flexibility index (Phi) is 2.17. The second-order valence-electron chi connectivity index (χ2n) is 2.60. The molecule has 0 aliphatic carbocycles. The number of amides is 1. The number of nitrogens with one attached hydrogen (secondary N) is 1. The fraction of sp³-hybridized carbons (Fsp3) is 0.125. The van der Waals surface area contributed by atoms with Crippen molar-refractivity contribution in [1.29, 1.82) is 0 Å². The zero-order valence-electron chi connectivity index (χ0n) is 6.43. The van der Waals surface area contributed by atoms with Crippen molar-refractivity contribution in [2.24, 2.45) is 0 Å². The van der Waals surface area contributed by atoms with Crippen LogP contribution in [0.2, 0.25) is 5.02 Å². The zero-order chi connectivity index (χ0) is 9.42. The first-order valence-corrected chi connectivity index (χ1v) is 4.75. The highest BCUT2D eigenvalue weighted by Gasteiger charge is 2.17. The summed E-state index contributed by atoms with van der Waals surface area (Å²) in [5.41, 5.74) is 0.615. The maximum Gasteiger partial charge on any atom is 0.262 e. The van der Waals surface area contributed by atoms with Gasteiger partial charge in [-0.1, -0.05) is 11.6 Å². The van der Waals surface area contributed by atoms with E-state index in [1.54, 1.807) is 12.1 Å². The zero-order valence-corrected chi connectivity index (χ0v) is 8.78. The van der Waals surface area contributed by atoms with Gasteiger partial charge in [-0.05, 0) is 28.1 Å². The molecule has 1 N–H and O–H groups in total. The number of fused-ring (bicyclic) bond motifs is 1. The monoisotopic (exact) mass is 261 g/mol. The summed E-state index contributed by atoms with van der Waals surface area (Å²) >= 11 is 9.10. The maximum absolute atomic E-state index is 10.9. The third-order valence-corrected chi connectivity index (χ3v) is 2.85. The van der Waals surface area contributed by atoms with Gasteiger partial charge >= 0.3 is 0 Å². The minimum Gasteiger partial charge on any atom is -0.482 e. The molecule has 2 rings (SSSR count). The van der Waals surface area contributed by atoms with Crippen LogP contribution in [0.3, 0.4) is 0 Å². The molecule has 1 aromatic rings. The molecule has 13 heavy (non-hydrogen) atoms. The highest BCUT2D eigenvalue weighted by molar-refractivity contribution is 9.10. The highest BCUT2D eigenvalue weighted by Crippen LogP contribution is 2.35. The molecule has 0 saturated carbocycles. The van der Waals surface area contributed by atoms with E-state index in [0.717, 1.165) is 4.47 Å². The molecule has 0 aromatic heterocycles. The Morgan fingerprint density at radius 1 is 1.54 bits per heavy atom. The van der Waals surface area contributed by atoms with Gasteiger partial charge in [-0.2, -0.15) is 0 Å². The quantitative estimate of drug-likeness (QED) is 0.780. The van der Waals surface area contributed by atoms with Crippen molar-refractivity contribution < 1.29 is 9.53 Å². The third kappa shape index (κ3) is 1.64. The molecule has 1 aliphatic rings. The van der Waals surface area contributed by atoms with Gasteiger partial charge in [0.1, 0.15) is 5.75 Å². The lowest BCUT2D eigenvalue weighted by Gasteiger charge is -2.18. The van der Waals surface area contributed by atoms with Crippen LogP contribution in [0.5, 0.6) is 5.75 Å². The van der Waals surface area contributed by atoms with Crippen molar-refractivity contribution in [2.75, 3.05) is 11.9 Å². The van der Waals surface area contributed by atoms with Crippen LogP contribution in [-0.4, -0.2) is 12.5 Å². The SMILES string of the molecule is O=C1COc2cc(Br)c(Cl)cc2N1. The summed E-state index contributed by atoms with van der Waals surface area (Å²) < 4.78 is 5.92. The topological polar surface area (TPSA) is 38.3 Å². The van der Waals surface area contributed by atoms with Crippen molar-refractivity contribution in [3.8, 4) is 5.75 Å². The van der Waals surface area contributed by atoms with Crippen LogP contribution in [0.15, 0.2) is 16.6 Å². The van der Waals surface area contributed by atoms with Crippen LogP contribution in [0.1, 0.15) is 0 Å². The lowest BCUT2D eigenvalue weighted by molar-refractivity contribution is -0.118. The molecular weight excluding hydrogens is 257 g/mol. The molecule has 0 spiro atoms. The largest absolute Gasteiger partial charge is 0.482 e. The second-order valence-corrected chi connectivity index (χ2v) is 3.86. The van der Waals surface area contributed by atoms with Crippen molar-refractivity contribution in [3.63, 3.8) is 0 Å². The third-order valence-electron chi connectivity index (χ3n) is 1.66. The summed E-state index contributed by atoms with van der Waals surface area (Å²) in [5.74, 6) is 0.474. The van der Waals surface area contributed by atoms with Crippen LogP contribution in [0, 0.1) is 0 Å². The van der Waals surface area contributed by atoms with Gasteiger partial charge in [-0.3, -0.25) is 4.79 Å². The number of ether oxygens (including phenoxy) is 1.